The van der Waals surface area contributed by atoms with Crippen molar-refractivity contribution in [3.8, 4) is 0 Å². The van der Waals surface area contributed by atoms with E-state index in [4.69, 9.17) is 4.74 Å². The minimum Gasteiger partial charge on any atom is -0.377 e. The highest BCUT2D eigenvalue weighted by atomic mass is 16.5. The van der Waals surface area contributed by atoms with Gasteiger partial charge in [-0.2, -0.15) is 0 Å². The molecule has 2 N–H and O–H groups in total. The molecule has 1 aliphatic carbocycles. The van der Waals surface area contributed by atoms with E-state index >= 15 is 0 Å². The molecule has 0 aromatic rings. The summed E-state index contributed by atoms with van der Waals surface area (Å²) in [5.41, 5.74) is 0. The molecule has 0 spiro atoms. The van der Waals surface area contributed by atoms with Gasteiger partial charge in [0.25, 0.3) is 0 Å². The molecule has 11 heavy (non-hydrogen) atoms. The van der Waals surface area contributed by atoms with Gasteiger partial charge in [-0.25, -0.2) is 0 Å². The average molecular weight is 154 g/mol. The summed E-state index contributed by atoms with van der Waals surface area (Å²) in [6, 6.07) is 0. The summed E-state index contributed by atoms with van der Waals surface area (Å²) >= 11 is 0. The standard InChI is InChI=1S/C8H14N2O/c1-2-7(1)5-11-6-8-9-3-4-10-8/h3-4,7-10H,1-2,5-6H2. The third kappa shape index (κ3) is 2.12. The lowest BCUT2D eigenvalue weighted by atomic mass is 10.4. The number of hydrogen-bond donors (Lipinski definition) is 2. The van der Waals surface area contributed by atoms with Crippen molar-refractivity contribution in [1.82, 2.24) is 10.6 Å². The Morgan fingerprint density at radius 3 is 2.55 bits per heavy atom. The SMILES string of the molecule is C1=CNC(COCC2CC2)N1. The van der Waals surface area contributed by atoms with Crippen LogP contribution in [-0.4, -0.2) is 19.4 Å². The van der Waals surface area contributed by atoms with Crippen LogP contribution in [0.15, 0.2) is 12.4 Å². The van der Waals surface area contributed by atoms with Gasteiger partial charge < -0.3 is 15.4 Å². The Balaban J connectivity index is 1.52. The van der Waals surface area contributed by atoms with Crippen LogP contribution in [0.4, 0.5) is 0 Å². The van der Waals surface area contributed by atoms with Crippen molar-refractivity contribution in [2.75, 3.05) is 13.2 Å². The second kappa shape index (κ2) is 3.13. The van der Waals surface area contributed by atoms with Crippen molar-refractivity contribution >= 4 is 0 Å². The second-order valence-electron chi connectivity index (χ2n) is 3.20. The summed E-state index contributed by atoms with van der Waals surface area (Å²) in [7, 11) is 0. The fraction of sp³-hybridized carbons (Fsp3) is 0.750. The lowest BCUT2D eigenvalue weighted by Gasteiger charge is -2.11. The molecule has 0 bridgehead atoms. The van der Waals surface area contributed by atoms with E-state index in [0.29, 0.717) is 6.17 Å². The lowest BCUT2D eigenvalue weighted by Crippen LogP contribution is -2.35. The van der Waals surface area contributed by atoms with Crippen LogP contribution in [-0.2, 0) is 4.74 Å². The molecule has 3 nitrogen and oxygen atoms in total. The predicted molar refractivity (Wildman–Crippen MR) is 42.7 cm³/mol. The molecule has 0 saturated heterocycles. The van der Waals surface area contributed by atoms with Gasteiger partial charge in [0.05, 0.1) is 6.61 Å². The Labute approximate surface area is 66.8 Å². The molecule has 0 amide bonds. The molecule has 1 aliphatic heterocycles. The maximum absolute atomic E-state index is 5.48. The van der Waals surface area contributed by atoms with Crippen molar-refractivity contribution in [2.45, 2.75) is 19.0 Å². The van der Waals surface area contributed by atoms with Crippen molar-refractivity contribution in [3.05, 3.63) is 12.4 Å². The molecule has 0 aromatic heterocycles. The summed E-state index contributed by atoms with van der Waals surface area (Å²) in [5.74, 6) is 0.865. The number of nitrogens with one attached hydrogen (secondary N) is 2. The van der Waals surface area contributed by atoms with Crippen molar-refractivity contribution < 1.29 is 4.74 Å². The smallest absolute Gasteiger partial charge is 0.120 e. The molecular weight excluding hydrogens is 140 g/mol. The van der Waals surface area contributed by atoms with Crippen LogP contribution in [0.25, 0.3) is 0 Å². The fourth-order valence-corrected chi connectivity index (χ4v) is 1.11. The molecule has 0 atom stereocenters. The van der Waals surface area contributed by atoms with E-state index in [1.807, 2.05) is 12.4 Å². The minimum atomic E-state index is 0.300. The first-order chi connectivity index (χ1) is 5.45. The summed E-state index contributed by atoms with van der Waals surface area (Å²) in [6.45, 7) is 1.71. The Bertz CT molecular complexity index is 146. The molecule has 1 fully saturated rings. The van der Waals surface area contributed by atoms with E-state index in [9.17, 15) is 0 Å². The maximum atomic E-state index is 5.48. The van der Waals surface area contributed by atoms with Crippen LogP contribution >= 0.6 is 0 Å². The second-order valence-corrected chi connectivity index (χ2v) is 3.20. The first kappa shape index (κ1) is 6.98. The van der Waals surface area contributed by atoms with Crippen LogP contribution in [0.1, 0.15) is 12.8 Å². The lowest BCUT2D eigenvalue weighted by molar-refractivity contribution is 0.104. The number of rotatable bonds is 4. The number of hydrogen-bond acceptors (Lipinski definition) is 3. The third-order valence-electron chi connectivity index (χ3n) is 2.01. The third-order valence-corrected chi connectivity index (χ3v) is 2.01. The summed E-state index contributed by atoms with van der Waals surface area (Å²) in [5, 5.41) is 6.27. The monoisotopic (exact) mass is 154 g/mol. The van der Waals surface area contributed by atoms with Gasteiger partial charge in [-0.05, 0) is 18.8 Å². The predicted octanol–water partition coefficient (Wildman–Crippen LogP) is 0.403. The molecule has 2 rings (SSSR count). The van der Waals surface area contributed by atoms with E-state index in [0.717, 1.165) is 19.1 Å². The Kier molecular flexibility index (Phi) is 1.99. The Hall–Kier alpha value is -0.700. The molecular formula is C8H14N2O. The van der Waals surface area contributed by atoms with Crippen LogP contribution < -0.4 is 10.6 Å². The normalized spacial score (nSPS) is 23.3. The summed E-state index contributed by atoms with van der Waals surface area (Å²) < 4.78 is 5.48. The zero-order chi connectivity index (χ0) is 7.52. The van der Waals surface area contributed by atoms with Gasteiger partial charge in [-0.15, -0.1) is 0 Å². The number of ether oxygens (including phenoxy) is 1. The zero-order valence-corrected chi connectivity index (χ0v) is 6.55. The van der Waals surface area contributed by atoms with E-state index in [1.165, 1.54) is 12.8 Å². The highest BCUT2D eigenvalue weighted by Crippen LogP contribution is 2.28. The summed E-state index contributed by atoms with van der Waals surface area (Å²) in [6.07, 6.45) is 6.85. The molecule has 0 aromatic carbocycles. The molecule has 62 valence electrons. The zero-order valence-electron chi connectivity index (χ0n) is 6.55. The van der Waals surface area contributed by atoms with Crippen molar-refractivity contribution in [2.24, 2.45) is 5.92 Å². The molecule has 3 heteroatoms. The molecule has 2 aliphatic rings. The first-order valence-corrected chi connectivity index (χ1v) is 4.20. The van der Waals surface area contributed by atoms with E-state index in [2.05, 4.69) is 10.6 Å². The van der Waals surface area contributed by atoms with Crippen molar-refractivity contribution in [3.63, 3.8) is 0 Å². The average Bonchev–Trinajstić information content (AvgIpc) is 2.66. The molecule has 0 radical (unpaired) electrons. The minimum absolute atomic E-state index is 0.300. The topological polar surface area (TPSA) is 33.3 Å². The van der Waals surface area contributed by atoms with Crippen LogP contribution in [0, 0.1) is 5.92 Å². The maximum Gasteiger partial charge on any atom is 0.120 e. The van der Waals surface area contributed by atoms with E-state index < -0.39 is 0 Å². The largest absolute Gasteiger partial charge is 0.377 e. The highest BCUT2D eigenvalue weighted by molar-refractivity contribution is 4.90. The molecule has 1 heterocycles. The van der Waals surface area contributed by atoms with Gasteiger partial charge in [0.1, 0.15) is 6.17 Å². The van der Waals surface area contributed by atoms with Crippen LogP contribution in [0.2, 0.25) is 0 Å². The first-order valence-electron chi connectivity index (χ1n) is 4.20. The van der Waals surface area contributed by atoms with E-state index in [1.54, 1.807) is 0 Å². The molecule has 1 saturated carbocycles. The van der Waals surface area contributed by atoms with Crippen molar-refractivity contribution in [1.29, 1.82) is 0 Å². The summed E-state index contributed by atoms with van der Waals surface area (Å²) in [4.78, 5) is 0. The van der Waals surface area contributed by atoms with Gasteiger partial charge in [-0.1, -0.05) is 0 Å². The van der Waals surface area contributed by atoms with Crippen LogP contribution in [0.5, 0.6) is 0 Å². The van der Waals surface area contributed by atoms with Gasteiger partial charge in [-0.3, -0.25) is 0 Å². The highest BCUT2D eigenvalue weighted by Gasteiger charge is 2.21. The van der Waals surface area contributed by atoms with Gasteiger partial charge in [0, 0.05) is 19.0 Å². The van der Waals surface area contributed by atoms with Gasteiger partial charge in [0.15, 0.2) is 0 Å². The van der Waals surface area contributed by atoms with Gasteiger partial charge in [0.2, 0.25) is 0 Å². The van der Waals surface area contributed by atoms with Gasteiger partial charge >= 0.3 is 0 Å². The molecule has 0 unspecified atom stereocenters. The van der Waals surface area contributed by atoms with E-state index in [-0.39, 0.29) is 0 Å². The fourth-order valence-electron chi connectivity index (χ4n) is 1.11. The van der Waals surface area contributed by atoms with Crippen LogP contribution in [0.3, 0.4) is 0 Å². The quantitative estimate of drug-likeness (QED) is 0.615. The Morgan fingerprint density at radius 2 is 1.91 bits per heavy atom. The Morgan fingerprint density at radius 1 is 1.18 bits per heavy atom.